The molecule has 0 radical (unpaired) electrons. The molecular weight excluding hydrogens is 483 g/mol. The molecule has 0 saturated heterocycles. The minimum absolute atomic E-state index is 0.0319. The van der Waals surface area contributed by atoms with Crippen LogP contribution < -0.4 is 0 Å². The molecule has 4 heterocycles. The van der Waals surface area contributed by atoms with Crippen molar-refractivity contribution in [2.45, 2.75) is 45.6 Å². The van der Waals surface area contributed by atoms with Crippen molar-refractivity contribution in [3.05, 3.63) is 89.6 Å². The molecule has 1 saturated carbocycles. The average molecular weight is 511 g/mol. The van der Waals surface area contributed by atoms with E-state index in [9.17, 15) is 14.3 Å². The van der Waals surface area contributed by atoms with Crippen LogP contribution in [0.3, 0.4) is 0 Å². The number of hydrogen-bond acceptors (Lipinski definition) is 5. The van der Waals surface area contributed by atoms with Crippen LogP contribution in [-0.2, 0) is 0 Å². The Kier molecular flexibility index (Phi) is 6.02. The predicted molar refractivity (Wildman–Crippen MR) is 141 cm³/mol. The number of pyridine rings is 2. The molecule has 5 aromatic rings. The Bertz CT molecular complexity index is 1630. The molecule has 38 heavy (non-hydrogen) atoms. The Morgan fingerprint density at radius 3 is 2.58 bits per heavy atom. The third-order valence-electron chi connectivity index (χ3n) is 7.64. The summed E-state index contributed by atoms with van der Waals surface area (Å²) in [7, 11) is 0. The first-order valence-corrected chi connectivity index (χ1v) is 12.8. The second-order valence-corrected chi connectivity index (χ2v) is 9.99. The molecule has 1 atom stereocenters. The zero-order chi connectivity index (χ0) is 26.4. The van der Waals surface area contributed by atoms with E-state index in [0.717, 1.165) is 52.0 Å². The fourth-order valence-electron chi connectivity index (χ4n) is 5.90. The van der Waals surface area contributed by atoms with Crippen molar-refractivity contribution in [3.63, 3.8) is 0 Å². The van der Waals surface area contributed by atoms with Gasteiger partial charge in [-0.15, -0.1) is 0 Å². The molecule has 1 N–H and O–H groups in total. The lowest BCUT2D eigenvalue weighted by molar-refractivity contribution is 0.0692. The molecule has 0 aliphatic heterocycles. The molecule has 0 spiro atoms. The highest BCUT2D eigenvalue weighted by Gasteiger charge is 2.31. The van der Waals surface area contributed by atoms with Gasteiger partial charge in [0.2, 0.25) is 0 Å². The van der Waals surface area contributed by atoms with Crippen molar-refractivity contribution >= 4 is 17.0 Å². The number of benzene rings is 1. The first-order valence-electron chi connectivity index (χ1n) is 12.8. The molecule has 8 heteroatoms. The summed E-state index contributed by atoms with van der Waals surface area (Å²) in [6.07, 6.45) is 10.2. The molecule has 1 aliphatic carbocycles. The first kappa shape index (κ1) is 24.0. The van der Waals surface area contributed by atoms with E-state index in [1.807, 2.05) is 56.7 Å². The fourth-order valence-corrected chi connectivity index (χ4v) is 5.90. The first-order chi connectivity index (χ1) is 18.4. The lowest BCUT2D eigenvalue weighted by Crippen LogP contribution is -2.19. The molecule has 0 amide bonds. The summed E-state index contributed by atoms with van der Waals surface area (Å²) in [5.74, 6) is -0.986. The molecule has 192 valence electrons. The van der Waals surface area contributed by atoms with Gasteiger partial charge in [-0.2, -0.15) is 0 Å². The summed E-state index contributed by atoms with van der Waals surface area (Å²) in [5, 5.41) is 14.3. The molecule has 1 aliphatic rings. The Morgan fingerprint density at radius 1 is 1.11 bits per heavy atom. The average Bonchev–Trinajstić information content (AvgIpc) is 3.64. The summed E-state index contributed by atoms with van der Waals surface area (Å²) in [6.45, 7) is 3.75. The van der Waals surface area contributed by atoms with Gasteiger partial charge in [0.05, 0.1) is 23.0 Å². The van der Waals surface area contributed by atoms with Crippen molar-refractivity contribution in [2.75, 3.05) is 0 Å². The maximum Gasteiger partial charge on any atom is 0.338 e. The standard InChI is InChI=1S/C30H27FN4O3/c1-17-27(18(2)38-34-17)21-13-23-24(20-10-11-22(30(36)37)25(31)14-20)16-35(29(23)33-15-21)28(19-7-3-4-8-19)26-9-5-6-12-32-26/h5-6,9-16,19,28H,3-4,7-8H2,1-2H3,(H,36,37). The van der Waals surface area contributed by atoms with Crippen LogP contribution in [0.4, 0.5) is 4.39 Å². The second kappa shape index (κ2) is 9.52. The van der Waals surface area contributed by atoms with E-state index in [2.05, 4.69) is 9.72 Å². The Hall–Kier alpha value is -4.33. The number of halogens is 1. The smallest absolute Gasteiger partial charge is 0.338 e. The molecule has 0 bridgehead atoms. The number of carboxylic acids is 1. The number of fused-ring (bicyclic) bond motifs is 1. The summed E-state index contributed by atoms with van der Waals surface area (Å²) in [4.78, 5) is 21.1. The van der Waals surface area contributed by atoms with Crippen LogP contribution in [0.1, 0.15) is 59.2 Å². The number of aryl methyl sites for hydroxylation is 2. The van der Waals surface area contributed by atoms with Crippen LogP contribution in [0.5, 0.6) is 0 Å². The molecule has 1 unspecified atom stereocenters. The number of aromatic nitrogens is 4. The normalized spacial score (nSPS) is 14.8. The van der Waals surface area contributed by atoms with Crippen molar-refractivity contribution in [1.82, 2.24) is 19.7 Å². The van der Waals surface area contributed by atoms with E-state index in [0.29, 0.717) is 17.2 Å². The molecule has 7 nitrogen and oxygen atoms in total. The van der Waals surface area contributed by atoms with Gasteiger partial charge in [-0.1, -0.05) is 30.1 Å². The molecular formula is C30H27FN4O3. The van der Waals surface area contributed by atoms with Gasteiger partial charge in [0.15, 0.2) is 0 Å². The van der Waals surface area contributed by atoms with Crippen LogP contribution >= 0.6 is 0 Å². The van der Waals surface area contributed by atoms with Gasteiger partial charge in [0.25, 0.3) is 0 Å². The zero-order valence-electron chi connectivity index (χ0n) is 21.2. The van der Waals surface area contributed by atoms with Crippen molar-refractivity contribution in [1.29, 1.82) is 0 Å². The number of carboxylic acid groups (broad SMARTS) is 1. The largest absolute Gasteiger partial charge is 0.478 e. The highest BCUT2D eigenvalue weighted by Crippen LogP contribution is 2.42. The lowest BCUT2D eigenvalue weighted by atomic mass is 9.94. The van der Waals surface area contributed by atoms with E-state index in [1.165, 1.54) is 25.0 Å². The van der Waals surface area contributed by atoms with E-state index in [-0.39, 0.29) is 11.6 Å². The van der Waals surface area contributed by atoms with Crippen LogP contribution in [0.15, 0.2) is 65.6 Å². The molecule has 6 rings (SSSR count). The van der Waals surface area contributed by atoms with Gasteiger partial charge < -0.3 is 14.2 Å². The van der Waals surface area contributed by atoms with Crippen molar-refractivity contribution < 1.29 is 18.8 Å². The van der Waals surface area contributed by atoms with E-state index in [4.69, 9.17) is 14.5 Å². The highest BCUT2D eigenvalue weighted by atomic mass is 19.1. The van der Waals surface area contributed by atoms with Gasteiger partial charge in [0, 0.05) is 40.7 Å². The maximum absolute atomic E-state index is 14.8. The topological polar surface area (TPSA) is 94.0 Å². The number of aromatic carboxylic acids is 1. The van der Waals surface area contributed by atoms with Crippen LogP contribution in [0.25, 0.3) is 33.3 Å². The van der Waals surface area contributed by atoms with E-state index in [1.54, 1.807) is 6.07 Å². The monoisotopic (exact) mass is 510 g/mol. The number of hydrogen-bond donors (Lipinski definition) is 1. The van der Waals surface area contributed by atoms with Gasteiger partial charge in [-0.25, -0.2) is 14.2 Å². The zero-order valence-corrected chi connectivity index (χ0v) is 21.2. The SMILES string of the molecule is Cc1noc(C)c1-c1cnc2c(c1)c(-c1ccc(C(=O)O)c(F)c1)cn2C(c1ccccn1)C1CCCC1. The number of nitrogens with zero attached hydrogens (tertiary/aromatic N) is 4. The quantitative estimate of drug-likeness (QED) is 0.265. The van der Waals surface area contributed by atoms with Crippen LogP contribution in [0.2, 0.25) is 0 Å². The predicted octanol–water partition coefficient (Wildman–Crippen LogP) is 6.99. The van der Waals surface area contributed by atoms with E-state index < -0.39 is 11.8 Å². The van der Waals surface area contributed by atoms with Crippen molar-refractivity contribution in [3.8, 4) is 22.3 Å². The minimum Gasteiger partial charge on any atom is -0.478 e. The highest BCUT2D eigenvalue weighted by molar-refractivity contribution is 5.97. The number of carbonyl (C=O) groups is 1. The summed E-state index contributed by atoms with van der Waals surface area (Å²) >= 11 is 0. The lowest BCUT2D eigenvalue weighted by Gasteiger charge is -2.25. The van der Waals surface area contributed by atoms with Crippen molar-refractivity contribution in [2.24, 2.45) is 5.92 Å². The Labute approximate surface area is 219 Å². The van der Waals surface area contributed by atoms with Crippen LogP contribution in [-0.4, -0.2) is 30.8 Å². The third kappa shape index (κ3) is 4.06. The minimum atomic E-state index is -1.30. The van der Waals surface area contributed by atoms with Gasteiger partial charge >= 0.3 is 5.97 Å². The number of rotatable bonds is 6. The Morgan fingerprint density at radius 2 is 1.92 bits per heavy atom. The maximum atomic E-state index is 14.8. The van der Waals surface area contributed by atoms with Gasteiger partial charge in [-0.3, -0.25) is 4.98 Å². The molecule has 4 aromatic heterocycles. The van der Waals surface area contributed by atoms with E-state index >= 15 is 0 Å². The Balaban J connectivity index is 1.61. The fraction of sp³-hybridized carbons (Fsp3) is 0.267. The third-order valence-corrected chi connectivity index (χ3v) is 7.64. The molecule has 1 aromatic carbocycles. The summed E-state index contributed by atoms with van der Waals surface area (Å²) < 4.78 is 22.4. The summed E-state index contributed by atoms with van der Waals surface area (Å²) in [5.41, 5.74) is 5.22. The van der Waals surface area contributed by atoms with Crippen LogP contribution in [0, 0.1) is 25.6 Å². The summed E-state index contributed by atoms with van der Waals surface area (Å²) in [6, 6.07) is 12.2. The molecule has 1 fully saturated rings. The second-order valence-electron chi connectivity index (χ2n) is 9.99. The van der Waals surface area contributed by atoms with Gasteiger partial charge in [0.1, 0.15) is 17.2 Å². The van der Waals surface area contributed by atoms with Gasteiger partial charge in [-0.05, 0) is 68.5 Å².